The molecule has 0 amide bonds. The molecule has 1 unspecified atom stereocenters. The Morgan fingerprint density at radius 3 is 2.84 bits per heavy atom. The highest BCUT2D eigenvalue weighted by atomic mass is 16.7. The predicted octanol–water partition coefficient (Wildman–Crippen LogP) is 1.89. The zero-order valence-electron chi connectivity index (χ0n) is 12.1. The van der Waals surface area contributed by atoms with Gasteiger partial charge in [-0.25, -0.2) is 0 Å². The predicted molar refractivity (Wildman–Crippen MR) is 76.9 cm³/mol. The van der Waals surface area contributed by atoms with Gasteiger partial charge in [0.1, 0.15) is 0 Å². The summed E-state index contributed by atoms with van der Waals surface area (Å²) >= 11 is 0. The molecule has 1 heterocycles. The van der Waals surface area contributed by atoms with Crippen molar-refractivity contribution in [1.82, 2.24) is 10.2 Å². The third-order valence-electron chi connectivity index (χ3n) is 3.35. The lowest BCUT2D eigenvalue weighted by molar-refractivity contribution is 0.174. The maximum atomic E-state index is 5.39. The third kappa shape index (κ3) is 4.40. The van der Waals surface area contributed by atoms with Gasteiger partial charge in [0.15, 0.2) is 11.5 Å². The van der Waals surface area contributed by atoms with Crippen molar-refractivity contribution in [3.8, 4) is 11.5 Å². The van der Waals surface area contributed by atoms with Crippen molar-refractivity contribution in [3.63, 3.8) is 0 Å². The summed E-state index contributed by atoms with van der Waals surface area (Å²) in [5.41, 5.74) is 1.31. The summed E-state index contributed by atoms with van der Waals surface area (Å²) in [7, 11) is 4.19. The number of fused-ring (bicyclic) bond motifs is 1. The standard InChI is InChI=1S/C15H24N2O2/c1-12(16-8-9-17(2)3)4-5-13-6-7-14-15(10-13)19-11-18-14/h6-7,10,12,16H,4-5,8-9,11H2,1-3H3. The van der Waals surface area contributed by atoms with E-state index in [1.54, 1.807) is 0 Å². The van der Waals surface area contributed by atoms with Crippen molar-refractivity contribution in [3.05, 3.63) is 23.8 Å². The molecule has 1 aromatic rings. The number of aryl methyl sites for hydroxylation is 1. The topological polar surface area (TPSA) is 33.7 Å². The minimum atomic E-state index is 0.348. The largest absolute Gasteiger partial charge is 0.454 e. The highest BCUT2D eigenvalue weighted by Crippen LogP contribution is 2.32. The Morgan fingerprint density at radius 1 is 1.26 bits per heavy atom. The highest BCUT2D eigenvalue weighted by molar-refractivity contribution is 5.44. The van der Waals surface area contributed by atoms with Gasteiger partial charge in [-0.1, -0.05) is 6.07 Å². The van der Waals surface area contributed by atoms with E-state index in [9.17, 15) is 0 Å². The van der Waals surface area contributed by atoms with Gasteiger partial charge in [-0.2, -0.15) is 0 Å². The van der Waals surface area contributed by atoms with Crippen LogP contribution in [0.2, 0.25) is 0 Å². The summed E-state index contributed by atoms with van der Waals surface area (Å²) in [4.78, 5) is 2.19. The number of nitrogens with zero attached hydrogens (tertiary/aromatic N) is 1. The zero-order chi connectivity index (χ0) is 13.7. The van der Waals surface area contributed by atoms with Crippen molar-refractivity contribution in [2.24, 2.45) is 0 Å². The Bertz CT molecular complexity index is 407. The van der Waals surface area contributed by atoms with Crippen LogP contribution >= 0.6 is 0 Å². The lowest BCUT2D eigenvalue weighted by Gasteiger charge is -2.16. The molecular weight excluding hydrogens is 240 g/mol. The van der Waals surface area contributed by atoms with Crippen molar-refractivity contribution in [2.75, 3.05) is 34.0 Å². The molecule has 0 radical (unpaired) electrons. The van der Waals surface area contributed by atoms with Crippen LogP contribution in [-0.4, -0.2) is 44.9 Å². The van der Waals surface area contributed by atoms with E-state index in [4.69, 9.17) is 9.47 Å². The number of rotatable bonds is 7. The molecule has 1 aromatic carbocycles. The Balaban J connectivity index is 1.73. The average molecular weight is 264 g/mol. The Labute approximate surface area is 115 Å². The Kier molecular flexibility index (Phi) is 5.05. The van der Waals surface area contributed by atoms with E-state index in [-0.39, 0.29) is 0 Å². The normalized spacial score (nSPS) is 14.9. The van der Waals surface area contributed by atoms with Gasteiger partial charge in [0.05, 0.1) is 0 Å². The van der Waals surface area contributed by atoms with E-state index >= 15 is 0 Å². The molecule has 1 aliphatic rings. The maximum Gasteiger partial charge on any atom is 0.231 e. The van der Waals surface area contributed by atoms with Gasteiger partial charge in [-0.15, -0.1) is 0 Å². The molecule has 1 N–H and O–H groups in total. The molecule has 0 bridgehead atoms. The first-order chi connectivity index (χ1) is 9.15. The van der Waals surface area contributed by atoms with Gasteiger partial charge in [-0.05, 0) is 51.6 Å². The first-order valence-corrected chi connectivity index (χ1v) is 6.92. The van der Waals surface area contributed by atoms with Crippen molar-refractivity contribution in [1.29, 1.82) is 0 Å². The number of likely N-dealkylation sites (N-methyl/N-ethyl adjacent to an activating group) is 1. The second kappa shape index (κ2) is 6.78. The molecular formula is C15H24N2O2. The van der Waals surface area contributed by atoms with Crippen molar-refractivity contribution in [2.45, 2.75) is 25.8 Å². The van der Waals surface area contributed by atoms with E-state index in [1.807, 2.05) is 6.07 Å². The molecule has 1 aliphatic heterocycles. The van der Waals surface area contributed by atoms with E-state index in [2.05, 4.69) is 43.4 Å². The zero-order valence-corrected chi connectivity index (χ0v) is 12.1. The van der Waals surface area contributed by atoms with Crippen LogP contribution in [-0.2, 0) is 6.42 Å². The molecule has 0 aromatic heterocycles. The fraction of sp³-hybridized carbons (Fsp3) is 0.600. The lowest BCUT2D eigenvalue weighted by Crippen LogP contribution is -2.33. The van der Waals surface area contributed by atoms with E-state index in [0.717, 1.165) is 37.4 Å². The van der Waals surface area contributed by atoms with Gasteiger partial charge in [0.2, 0.25) is 6.79 Å². The SMILES string of the molecule is CC(CCc1ccc2c(c1)OCO2)NCCN(C)C. The van der Waals surface area contributed by atoms with Gasteiger partial charge in [-0.3, -0.25) is 0 Å². The monoisotopic (exact) mass is 264 g/mol. The van der Waals surface area contributed by atoms with Crippen LogP contribution in [0.1, 0.15) is 18.9 Å². The molecule has 1 atom stereocenters. The van der Waals surface area contributed by atoms with Crippen LogP contribution in [0.15, 0.2) is 18.2 Å². The lowest BCUT2D eigenvalue weighted by atomic mass is 10.1. The molecule has 0 saturated carbocycles. The smallest absolute Gasteiger partial charge is 0.231 e. The number of ether oxygens (including phenoxy) is 2. The minimum Gasteiger partial charge on any atom is -0.454 e. The third-order valence-corrected chi connectivity index (χ3v) is 3.35. The van der Waals surface area contributed by atoms with Crippen LogP contribution in [0.4, 0.5) is 0 Å². The minimum absolute atomic E-state index is 0.348. The molecule has 0 spiro atoms. The molecule has 4 heteroatoms. The number of benzene rings is 1. The molecule has 2 rings (SSSR count). The van der Waals surface area contributed by atoms with Crippen molar-refractivity contribution < 1.29 is 9.47 Å². The highest BCUT2D eigenvalue weighted by Gasteiger charge is 2.13. The number of hydrogen-bond donors (Lipinski definition) is 1. The van der Waals surface area contributed by atoms with Gasteiger partial charge in [0.25, 0.3) is 0 Å². The van der Waals surface area contributed by atoms with Crippen LogP contribution in [0.3, 0.4) is 0 Å². The summed E-state index contributed by atoms with van der Waals surface area (Å²) < 4.78 is 10.7. The van der Waals surface area contributed by atoms with E-state index in [0.29, 0.717) is 12.8 Å². The van der Waals surface area contributed by atoms with Crippen LogP contribution in [0, 0.1) is 0 Å². The molecule has 0 fully saturated rings. The molecule has 4 nitrogen and oxygen atoms in total. The molecule has 106 valence electrons. The molecule has 0 saturated heterocycles. The quantitative estimate of drug-likeness (QED) is 0.815. The van der Waals surface area contributed by atoms with Crippen LogP contribution in [0.25, 0.3) is 0 Å². The van der Waals surface area contributed by atoms with Crippen molar-refractivity contribution >= 4 is 0 Å². The van der Waals surface area contributed by atoms with E-state index < -0.39 is 0 Å². The fourth-order valence-corrected chi connectivity index (χ4v) is 2.12. The van der Waals surface area contributed by atoms with Gasteiger partial charge >= 0.3 is 0 Å². The van der Waals surface area contributed by atoms with Crippen LogP contribution in [0.5, 0.6) is 11.5 Å². The first-order valence-electron chi connectivity index (χ1n) is 6.92. The molecule has 19 heavy (non-hydrogen) atoms. The number of nitrogens with one attached hydrogen (secondary N) is 1. The Hall–Kier alpha value is -1.26. The second-order valence-electron chi connectivity index (χ2n) is 5.38. The summed E-state index contributed by atoms with van der Waals surface area (Å²) in [6.45, 7) is 4.70. The first kappa shape index (κ1) is 14.2. The molecule has 0 aliphatic carbocycles. The fourth-order valence-electron chi connectivity index (χ4n) is 2.12. The summed E-state index contributed by atoms with van der Waals surface area (Å²) in [6, 6.07) is 6.75. The van der Waals surface area contributed by atoms with Gasteiger partial charge in [0, 0.05) is 19.1 Å². The van der Waals surface area contributed by atoms with Gasteiger partial charge < -0.3 is 19.7 Å². The summed E-state index contributed by atoms with van der Waals surface area (Å²) in [6.07, 6.45) is 2.19. The summed E-state index contributed by atoms with van der Waals surface area (Å²) in [5.74, 6) is 1.74. The van der Waals surface area contributed by atoms with E-state index in [1.165, 1.54) is 5.56 Å². The Morgan fingerprint density at radius 2 is 2.05 bits per heavy atom. The summed E-state index contributed by atoms with van der Waals surface area (Å²) in [5, 5.41) is 3.54. The second-order valence-corrected chi connectivity index (χ2v) is 5.38. The maximum absolute atomic E-state index is 5.39. The average Bonchev–Trinajstić information content (AvgIpc) is 2.83. The van der Waals surface area contributed by atoms with Crippen LogP contribution < -0.4 is 14.8 Å². The number of hydrogen-bond acceptors (Lipinski definition) is 4.